The van der Waals surface area contributed by atoms with E-state index in [0.29, 0.717) is 16.6 Å². The monoisotopic (exact) mass is 406 g/mol. The molecule has 5 nitrogen and oxygen atoms in total. The Balaban J connectivity index is 1.67. The van der Waals surface area contributed by atoms with E-state index in [4.69, 9.17) is 11.6 Å². The van der Waals surface area contributed by atoms with Gasteiger partial charge in [-0.25, -0.2) is 19.2 Å². The summed E-state index contributed by atoms with van der Waals surface area (Å²) in [6.07, 6.45) is 7.57. The second-order valence-corrected chi connectivity index (χ2v) is 7.45. The Hall–Kier alpha value is -2.55. The molecule has 27 heavy (non-hydrogen) atoms. The van der Waals surface area contributed by atoms with Gasteiger partial charge in [0.25, 0.3) is 5.91 Å². The lowest BCUT2D eigenvalue weighted by atomic mass is 10.1. The van der Waals surface area contributed by atoms with Crippen LogP contribution in [0.3, 0.4) is 0 Å². The highest BCUT2D eigenvalue weighted by Gasteiger charge is 2.28. The van der Waals surface area contributed by atoms with E-state index in [-0.39, 0.29) is 10.7 Å². The molecule has 0 saturated heterocycles. The summed E-state index contributed by atoms with van der Waals surface area (Å²) in [5.74, 6) is -2.67. The van der Waals surface area contributed by atoms with Crippen LogP contribution in [0.15, 0.2) is 48.3 Å². The number of hydrogen-bond acceptors (Lipinski definition) is 5. The second-order valence-electron chi connectivity index (χ2n) is 5.85. The zero-order valence-electron chi connectivity index (χ0n) is 14.0. The molecule has 0 bridgehead atoms. The van der Waals surface area contributed by atoms with Crippen LogP contribution in [0, 0.1) is 11.6 Å². The van der Waals surface area contributed by atoms with Crippen LogP contribution < -0.4 is 10.3 Å². The molecule has 0 fully saturated rings. The molecule has 0 aliphatic carbocycles. The van der Waals surface area contributed by atoms with E-state index in [1.807, 2.05) is 29.4 Å². The van der Waals surface area contributed by atoms with E-state index in [1.54, 1.807) is 0 Å². The predicted octanol–water partition coefficient (Wildman–Crippen LogP) is 3.97. The Morgan fingerprint density at radius 3 is 3.00 bits per heavy atom. The molecule has 3 heterocycles. The van der Waals surface area contributed by atoms with Gasteiger partial charge >= 0.3 is 0 Å². The fourth-order valence-corrected chi connectivity index (χ4v) is 4.04. The first-order valence-electron chi connectivity index (χ1n) is 7.97. The van der Waals surface area contributed by atoms with Crippen LogP contribution in [0.4, 0.5) is 14.5 Å². The maximum atomic E-state index is 14.0. The summed E-state index contributed by atoms with van der Waals surface area (Å²) in [6.45, 7) is 0.509. The van der Waals surface area contributed by atoms with Crippen LogP contribution in [0.25, 0.3) is 5.57 Å². The molecule has 1 aromatic heterocycles. The standard InChI is InChI=1S/C18H13ClF2N4OS/c1-24(13-7-4-5-11(20)14(13)21)18(26)17-23-15(16(19)27-17)10-9-22-25-8-3-2-6-12(10)25/h2-8,22H,9H2,1H3. The SMILES string of the molecule is CN(C(=O)c1nc(C2=C3C=CC=CN3NC2)c(Cl)s1)c1cccc(F)c1F. The molecule has 0 atom stereocenters. The van der Waals surface area contributed by atoms with Gasteiger partial charge in [0.2, 0.25) is 0 Å². The third kappa shape index (κ3) is 3.05. The Morgan fingerprint density at radius 1 is 1.37 bits per heavy atom. The van der Waals surface area contributed by atoms with E-state index >= 15 is 0 Å². The van der Waals surface area contributed by atoms with Gasteiger partial charge in [-0.2, -0.15) is 0 Å². The number of anilines is 1. The van der Waals surface area contributed by atoms with E-state index in [9.17, 15) is 13.6 Å². The minimum Gasteiger partial charge on any atom is -0.307 e. The van der Waals surface area contributed by atoms with Gasteiger partial charge in [0.15, 0.2) is 16.6 Å². The molecule has 1 amide bonds. The van der Waals surface area contributed by atoms with Crippen molar-refractivity contribution in [3.05, 3.63) is 75.0 Å². The Morgan fingerprint density at radius 2 is 2.19 bits per heavy atom. The van der Waals surface area contributed by atoms with E-state index in [2.05, 4.69) is 10.4 Å². The molecule has 2 aliphatic heterocycles. The maximum absolute atomic E-state index is 14.0. The van der Waals surface area contributed by atoms with Crippen molar-refractivity contribution >= 4 is 40.1 Å². The van der Waals surface area contributed by atoms with Crippen LogP contribution in [0.5, 0.6) is 0 Å². The zero-order chi connectivity index (χ0) is 19.1. The quantitative estimate of drug-likeness (QED) is 0.838. The highest BCUT2D eigenvalue weighted by atomic mass is 35.5. The molecule has 2 aromatic rings. The Kier molecular flexibility index (Phi) is 4.55. The van der Waals surface area contributed by atoms with Gasteiger partial charge in [0.1, 0.15) is 10.0 Å². The highest BCUT2D eigenvalue weighted by molar-refractivity contribution is 7.18. The lowest BCUT2D eigenvalue weighted by Gasteiger charge is -2.17. The number of nitrogens with zero attached hydrogens (tertiary/aromatic N) is 3. The lowest BCUT2D eigenvalue weighted by Crippen LogP contribution is -2.27. The number of amides is 1. The predicted molar refractivity (Wildman–Crippen MR) is 101 cm³/mol. The minimum absolute atomic E-state index is 0.100. The number of allylic oxidation sites excluding steroid dienone is 3. The summed E-state index contributed by atoms with van der Waals surface area (Å²) in [7, 11) is 1.37. The molecule has 1 N–H and O–H groups in total. The Bertz CT molecular complexity index is 1030. The molecule has 0 saturated carbocycles. The Labute approximate surface area is 162 Å². The number of aromatic nitrogens is 1. The van der Waals surface area contributed by atoms with Crippen molar-refractivity contribution in [2.24, 2.45) is 0 Å². The van der Waals surface area contributed by atoms with Crippen LogP contribution >= 0.6 is 22.9 Å². The van der Waals surface area contributed by atoms with Crippen molar-refractivity contribution in [3.8, 4) is 0 Å². The van der Waals surface area contributed by atoms with Crippen molar-refractivity contribution in [2.75, 3.05) is 18.5 Å². The minimum atomic E-state index is -1.09. The maximum Gasteiger partial charge on any atom is 0.287 e. The number of carbonyl (C=O) groups is 1. The molecule has 0 unspecified atom stereocenters. The van der Waals surface area contributed by atoms with Gasteiger partial charge in [-0.05, 0) is 24.3 Å². The van der Waals surface area contributed by atoms with E-state index in [0.717, 1.165) is 33.6 Å². The first-order chi connectivity index (χ1) is 13.0. The fourth-order valence-electron chi connectivity index (χ4n) is 2.87. The number of nitrogens with one attached hydrogen (secondary N) is 1. The number of fused-ring (bicyclic) bond motifs is 1. The second kappa shape index (κ2) is 6.88. The van der Waals surface area contributed by atoms with Gasteiger partial charge in [-0.3, -0.25) is 9.80 Å². The molecule has 138 valence electrons. The molecule has 4 rings (SSSR count). The van der Waals surface area contributed by atoms with E-state index < -0.39 is 17.5 Å². The van der Waals surface area contributed by atoms with Gasteiger partial charge in [-0.15, -0.1) is 0 Å². The average Bonchev–Trinajstić information content (AvgIpc) is 3.26. The largest absolute Gasteiger partial charge is 0.307 e. The van der Waals surface area contributed by atoms with Gasteiger partial charge in [0, 0.05) is 25.4 Å². The number of thiazole rings is 1. The smallest absolute Gasteiger partial charge is 0.287 e. The molecule has 9 heteroatoms. The fraction of sp³-hybridized carbons (Fsp3) is 0.111. The number of hydrazine groups is 1. The summed E-state index contributed by atoms with van der Waals surface area (Å²) in [5, 5.41) is 1.95. The molecule has 2 aliphatic rings. The molecule has 1 aromatic carbocycles. The van der Waals surface area contributed by atoms with Crippen molar-refractivity contribution in [1.82, 2.24) is 15.4 Å². The molecule has 0 radical (unpaired) electrons. The number of benzene rings is 1. The van der Waals surface area contributed by atoms with Crippen LogP contribution in [-0.4, -0.2) is 29.5 Å². The van der Waals surface area contributed by atoms with Crippen molar-refractivity contribution in [1.29, 1.82) is 0 Å². The normalized spacial score (nSPS) is 15.5. The molecule has 0 spiro atoms. The lowest BCUT2D eigenvalue weighted by molar-refractivity contribution is 0.0991. The van der Waals surface area contributed by atoms with Gasteiger partial charge in [-0.1, -0.05) is 35.1 Å². The number of carbonyl (C=O) groups excluding carboxylic acids is 1. The summed E-state index contributed by atoms with van der Waals surface area (Å²) in [4.78, 5) is 18.1. The summed E-state index contributed by atoms with van der Waals surface area (Å²) in [6, 6.07) is 3.66. The van der Waals surface area contributed by atoms with Crippen molar-refractivity contribution in [3.63, 3.8) is 0 Å². The summed E-state index contributed by atoms with van der Waals surface area (Å²) in [5.41, 5.74) is 5.27. The molecular weight excluding hydrogens is 394 g/mol. The van der Waals surface area contributed by atoms with Crippen LogP contribution in [-0.2, 0) is 0 Å². The number of halogens is 3. The number of hydrogen-bond donors (Lipinski definition) is 1. The van der Waals surface area contributed by atoms with Crippen molar-refractivity contribution in [2.45, 2.75) is 0 Å². The average molecular weight is 407 g/mol. The topological polar surface area (TPSA) is 48.5 Å². The third-order valence-electron chi connectivity index (χ3n) is 4.25. The van der Waals surface area contributed by atoms with E-state index in [1.165, 1.54) is 19.2 Å². The van der Waals surface area contributed by atoms with Crippen LogP contribution in [0.1, 0.15) is 15.5 Å². The van der Waals surface area contributed by atoms with Crippen molar-refractivity contribution < 1.29 is 13.6 Å². The zero-order valence-corrected chi connectivity index (χ0v) is 15.6. The molecular formula is C18H13ClF2N4OS. The van der Waals surface area contributed by atoms with Gasteiger partial charge < -0.3 is 4.90 Å². The third-order valence-corrected chi connectivity index (χ3v) is 5.49. The van der Waals surface area contributed by atoms with Gasteiger partial charge in [0.05, 0.1) is 11.4 Å². The summed E-state index contributed by atoms with van der Waals surface area (Å²) >= 11 is 7.34. The highest BCUT2D eigenvalue weighted by Crippen LogP contribution is 2.35. The number of rotatable bonds is 3. The summed E-state index contributed by atoms with van der Waals surface area (Å²) < 4.78 is 27.8. The first kappa shape index (κ1) is 17.8. The van der Waals surface area contributed by atoms with Crippen LogP contribution in [0.2, 0.25) is 4.34 Å². The first-order valence-corrected chi connectivity index (χ1v) is 9.16.